The third-order valence-electron chi connectivity index (χ3n) is 2.14. The van der Waals surface area contributed by atoms with Crippen LogP contribution >= 0.6 is 15.9 Å². The third-order valence-corrected chi connectivity index (χ3v) is 2.59. The molecule has 0 aromatic heterocycles. The van der Waals surface area contributed by atoms with Crippen LogP contribution in [0.5, 0.6) is 5.75 Å². The Morgan fingerprint density at radius 1 is 1.50 bits per heavy atom. The number of nitrogens with one attached hydrogen (secondary N) is 1. The number of halogens is 1. The molecule has 1 aliphatic rings. The molecule has 0 unspecified atom stereocenters. The first kappa shape index (κ1) is 9.52. The molecule has 0 bridgehead atoms. The number of aryl methyl sites for hydroxylation is 1. The van der Waals surface area contributed by atoms with Crippen LogP contribution in [0.1, 0.15) is 15.9 Å². The average Bonchev–Trinajstić information content (AvgIpc) is 2.27. The van der Waals surface area contributed by atoms with Gasteiger partial charge in [0.1, 0.15) is 12.4 Å². The maximum atomic E-state index is 11.6. The maximum absolute atomic E-state index is 11.6. The van der Waals surface area contributed by atoms with Crippen molar-refractivity contribution >= 4 is 21.8 Å². The lowest BCUT2D eigenvalue weighted by Crippen LogP contribution is -2.24. The number of amides is 1. The van der Waals surface area contributed by atoms with Gasteiger partial charge in [-0.05, 0) is 24.6 Å². The molecular weight excluding hydrogens is 246 g/mol. The molecule has 0 saturated heterocycles. The molecule has 3 nitrogen and oxygen atoms in total. The van der Waals surface area contributed by atoms with Crippen molar-refractivity contribution in [2.45, 2.75) is 6.92 Å². The van der Waals surface area contributed by atoms with E-state index in [1.807, 2.05) is 19.1 Å². The average molecular weight is 256 g/mol. The predicted molar refractivity (Wildman–Crippen MR) is 56.7 cm³/mol. The second-order valence-electron chi connectivity index (χ2n) is 3.20. The van der Waals surface area contributed by atoms with E-state index in [9.17, 15) is 4.79 Å². The number of ether oxygens (including phenoxy) is 1. The van der Waals surface area contributed by atoms with E-state index >= 15 is 0 Å². The van der Waals surface area contributed by atoms with E-state index < -0.39 is 0 Å². The van der Waals surface area contributed by atoms with Crippen molar-refractivity contribution in [1.82, 2.24) is 5.32 Å². The first-order valence-corrected chi connectivity index (χ1v) is 5.19. The van der Waals surface area contributed by atoms with Crippen LogP contribution in [0.2, 0.25) is 0 Å². The zero-order chi connectivity index (χ0) is 10.1. The lowest BCUT2D eigenvalue weighted by atomic mass is 10.1. The summed E-state index contributed by atoms with van der Waals surface area (Å²) < 4.78 is 6.40. The van der Waals surface area contributed by atoms with Crippen molar-refractivity contribution < 1.29 is 9.53 Å². The normalized spacial score (nSPS) is 15.1. The first-order chi connectivity index (χ1) is 6.68. The highest BCUT2D eigenvalue weighted by Crippen LogP contribution is 2.28. The minimum atomic E-state index is -0.0532. The van der Waals surface area contributed by atoms with Gasteiger partial charge in [0, 0.05) is 4.47 Å². The Bertz CT molecular complexity index is 390. The molecule has 1 aromatic carbocycles. The van der Waals surface area contributed by atoms with Gasteiger partial charge in [0.15, 0.2) is 0 Å². The topological polar surface area (TPSA) is 38.3 Å². The van der Waals surface area contributed by atoms with Crippen molar-refractivity contribution in [3.05, 3.63) is 27.7 Å². The van der Waals surface area contributed by atoms with E-state index in [-0.39, 0.29) is 5.91 Å². The van der Waals surface area contributed by atoms with Gasteiger partial charge < -0.3 is 10.1 Å². The number of fused-ring (bicyclic) bond motifs is 1. The van der Waals surface area contributed by atoms with E-state index in [0.717, 1.165) is 10.0 Å². The van der Waals surface area contributed by atoms with Gasteiger partial charge in [0.2, 0.25) is 0 Å². The van der Waals surface area contributed by atoms with Crippen molar-refractivity contribution in [2.75, 3.05) is 13.2 Å². The van der Waals surface area contributed by atoms with E-state index in [1.54, 1.807) is 0 Å². The number of carbonyl (C=O) groups is 1. The van der Waals surface area contributed by atoms with Gasteiger partial charge in [-0.25, -0.2) is 0 Å². The van der Waals surface area contributed by atoms with Crippen LogP contribution in [-0.2, 0) is 0 Å². The monoisotopic (exact) mass is 255 g/mol. The van der Waals surface area contributed by atoms with Crippen LogP contribution in [0.3, 0.4) is 0 Å². The molecule has 0 radical (unpaired) electrons. The molecule has 14 heavy (non-hydrogen) atoms. The van der Waals surface area contributed by atoms with Crippen molar-refractivity contribution in [2.24, 2.45) is 0 Å². The summed E-state index contributed by atoms with van der Waals surface area (Å²) >= 11 is 3.37. The fraction of sp³-hybridized carbons (Fsp3) is 0.300. The summed E-state index contributed by atoms with van der Waals surface area (Å²) in [5.74, 6) is 0.606. The first-order valence-electron chi connectivity index (χ1n) is 4.39. The molecule has 4 heteroatoms. The van der Waals surface area contributed by atoms with E-state index in [0.29, 0.717) is 24.5 Å². The number of benzene rings is 1. The largest absolute Gasteiger partial charge is 0.491 e. The van der Waals surface area contributed by atoms with Gasteiger partial charge in [-0.15, -0.1) is 0 Å². The van der Waals surface area contributed by atoms with E-state index in [4.69, 9.17) is 4.74 Å². The van der Waals surface area contributed by atoms with Crippen LogP contribution in [0.25, 0.3) is 0 Å². The molecule has 0 spiro atoms. The van der Waals surface area contributed by atoms with Crippen molar-refractivity contribution in [3.8, 4) is 5.75 Å². The van der Waals surface area contributed by atoms with Gasteiger partial charge in [0.05, 0.1) is 12.1 Å². The van der Waals surface area contributed by atoms with Crippen molar-refractivity contribution in [3.63, 3.8) is 0 Å². The van der Waals surface area contributed by atoms with E-state index in [2.05, 4.69) is 21.2 Å². The van der Waals surface area contributed by atoms with Gasteiger partial charge in [0.25, 0.3) is 5.91 Å². The lowest BCUT2D eigenvalue weighted by molar-refractivity contribution is 0.0956. The Morgan fingerprint density at radius 3 is 3.07 bits per heavy atom. The summed E-state index contributed by atoms with van der Waals surface area (Å²) in [5.41, 5.74) is 1.57. The Labute approximate surface area is 90.6 Å². The number of rotatable bonds is 0. The summed E-state index contributed by atoms with van der Waals surface area (Å²) in [6.45, 7) is 2.98. The predicted octanol–water partition coefficient (Wildman–Crippen LogP) is 1.88. The van der Waals surface area contributed by atoms with Gasteiger partial charge >= 0.3 is 0 Å². The smallest absolute Gasteiger partial charge is 0.255 e. The second-order valence-corrected chi connectivity index (χ2v) is 4.12. The van der Waals surface area contributed by atoms with Crippen LogP contribution < -0.4 is 10.1 Å². The molecule has 0 saturated carbocycles. The molecule has 0 atom stereocenters. The maximum Gasteiger partial charge on any atom is 0.255 e. The Morgan fingerprint density at radius 2 is 2.29 bits per heavy atom. The molecule has 1 aromatic rings. The third kappa shape index (κ3) is 1.62. The quantitative estimate of drug-likeness (QED) is 0.769. The van der Waals surface area contributed by atoms with Gasteiger partial charge in [-0.2, -0.15) is 0 Å². The molecule has 1 aliphatic heterocycles. The van der Waals surface area contributed by atoms with Gasteiger partial charge in [-0.3, -0.25) is 4.79 Å². The Kier molecular flexibility index (Phi) is 2.46. The summed E-state index contributed by atoms with van der Waals surface area (Å²) in [7, 11) is 0. The highest BCUT2D eigenvalue weighted by atomic mass is 79.9. The molecule has 74 valence electrons. The molecule has 0 fully saturated rings. The van der Waals surface area contributed by atoms with Crippen LogP contribution in [0.4, 0.5) is 0 Å². The highest BCUT2D eigenvalue weighted by molar-refractivity contribution is 9.10. The summed E-state index contributed by atoms with van der Waals surface area (Å²) in [6, 6.07) is 3.74. The fourth-order valence-corrected chi connectivity index (χ4v) is 2.08. The Balaban J connectivity index is 2.58. The molecular formula is C10H10BrNO2. The summed E-state index contributed by atoms with van der Waals surface area (Å²) in [6.07, 6.45) is 0. The molecule has 0 aliphatic carbocycles. The zero-order valence-corrected chi connectivity index (χ0v) is 9.35. The SMILES string of the molecule is Cc1cc(Br)cc2c1C(=O)NCCO2. The lowest BCUT2D eigenvalue weighted by Gasteiger charge is -2.08. The Hall–Kier alpha value is -1.03. The minimum Gasteiger partial charge on any atom is -0.491 e. The van der Waals surface area contributed by atoms with Crippen LogP contribution in [-0.4, -0.2) is 19.1 Å². The summed E-state index contributed by atoms with van der Waals surface area (Å²) in [4.78, 5) is 11.6. The zero-order valence-electron chi connectivity index (χ0n) is 7.76. The molecule has 2 rings (SSSR count). The minimum absolute atomic E-state index is 0.0532. The highest BCUT2D eigenvalue weighted by Gasteiger charge is 2.18. The number of hydrogen-bond acceptors (Lipinski definition) is 2. The second kappa shape index (κ2) is 3.61. The van der Waals surface area contributed by atoms with Crippen LogP contribution in [0, 0.1) is 6.92 Å². The summed E-state index contributed by atoms with van der Waals surface area (Å²) in [5, 5.41) is 2.78. The molecule has 1 N–H and O–H groups in total. The fourth-order valence-electron chi connectivity index (χ4n) is 1.53. The molecule has 1 heterocycles. The van der Waals surface area contributed by atoms with E-state index in [1.165, 1.54) is 0 Å². The van der Waals surface area contributed by atoms with Gasteiger partial charge in [-0.1, -0.05) is 15.9 Å². The van der Waals surface area contributed by atoms with Crippen molar-refractivity contribution in [1.29, 1.82) is 0 Å². The van der Waals surface area contributed by atoms with Crippen LogP contribution in [0.15, 0.2) is 16.6 Å². The number of hydrogen-bond donors (Lipinski definition) is 1. The molecule has 1 amide bonds. The number of carbonyl (C=O) groups excluding carboxylic acids is 1. The standard InChI is InChI=1S/C10H10BrNO2/c1-6-4-7(11)5-8-9(6)10(13)12-2-3-14-8/h4-5H,2-3H2,1H3,(H,12,13).